The van der Waals surface area contributed by atoms with Gasteiger partial charge in [-0.2, -0.15) is 5.26 Å². The van der Waals surface area contributed by atoms with Crippen molar-refractivity contribution in [2.75, 3.05) is 25.5 Å². The predicted octanol–water partition coefficient (Wildman–Crippen LogP) is 4.92. The Morgan fingerprint density at radius 2 is 2.03 bits per heavy atom. The molecule has 10 heteroatoms. The van der Waals surface area contributed by atoms with Crippen molar-refractivity contribution in [1.29, 1.82) is 5.26 Å². The third kappa shape index (κ3) is 7.24. The van der Waals surface area contributed by atoms with Crippen molar-refractivity contribution in [2.45, 2.75) is 51.8 Å². The number of nitriles is 1. The molecule has 1 aliphatic rings. The van der Waals surface area contributed by atoms with Gasteiger partial charge in [0.2, 0.25) is 6.41 Å². The van der Waals surface area contributed by atoms with Crippen LogP contribution < -0.4 is 16.0 Å². The number of hydrogen-bond donors (Lipinski definition) is 3. The quantitative estimate of drug-likeness (QED) is 0.180. The minimum atomic E-state index is 0.384. The van der Waals surface area contributed by atoms with E-state index >= 15 is 0 Å². The molecule has 0 saturated heterocycles. The summed E-state index contributed by atoms with van der Waals surface area (Å²) in [5.41, 5.74) is 5.68. The SMILES string of the molecule is COC(C)C.N#Cc1ccc2c(c1)nc(NCCCNC=O)c1ncc(-c3ccc(CNC4CC4)c(Cl)c3)n12. The minimum Gasteiger partial charge on any atom is -0.382 e. The van der Waals surface area contributed by atoms with Crippen LogP contribution in [-0.4, -0.2) is 53.1 Å². The molecule has 1 amide bonds. The molecule has 39 heavy (non-hydrogen) atoms. The zero-order chi connectivity index (χ0) is 27.8. The van der Waals surface area contributed by atoms with E-state index in [0.29, 0.717) is 59.2 Å². The van der Waals surface area contributed by atoms with Gasteiger partial charge in [-0.3, -0.25) is 9.20 Å². The minimum absolute atomic E-state index is 0.384. The molecular formula is C29H34ClN7O2. The monoisotopic (exact) mass is 547 g/mol. The maximum Gasteiger partial charge on any atom is 0.207 e. The van der Waals surface area contributed by atoms with Gasteiger partial charge >= 0.3 is 0 Å². The fourth-order valence-electron chi connectivity index (χ4n) is 3.97. The number of carbonyl (C=O) groups excluding carboxylic acids is 1. The number of anilines is 1. The molecule has 0 unspecified atom stereocenters. The summed E-state index contributed by atoms with van der Waals surface area (Å²) in [6.07, 6.45) is 6.10. The van der Waals surface area contributed by atoms with Crippen LogP contribution in [0.4, 0.5) is 5.82 Å². The first-order valence-electron chi connectivity index (χ1n) is 13.1. The van der Waals surface area contributed by atoms with Crippen LogP contribution in [0.3, 0.4) is 0 Å². The molecule has 0 spiro atoms. The number of ether oxygens (including phenoxy) is 1. The summed E-state index contributed by atoms with van der Waals surface area (Å²) < 4.78 is 6.79. The summed E-state index contributed by atoms with van der Waals surface area (Å²) in [5.74, 6) is 0.622. The second kappa shape index (κ2) is 13.4. The van der Waals surface area contributed by atoms with E-state index in [1.54, 1.807) is 19.2 Å². The van der Waals surface area contributed by atoms with E-state index < -0.39 is 0 Å². The number of halogens is 1. The van der Waals surface area contributed by atoms with Crippen molar-refractivity contribution in [1.82, 2.24) is 25.0 Å². The number of amides is 1. The molecule has 0 aliphatic heterocycles. The number of benzene rings is 2. The molecule has 0 bridgehead atoms. The van der Waals surface area contributed by atoms with Crippen molar-refractivity contribution in [2.24, 2.45) is 0 Å². The number of nitrogens with zero attached hydrogens (tertiary/aromatic N) is 4. The molecule has 1 fully saturated rings. The van der Waals surface area contributed by atoms with Gasteiger partial charge in [0.15, 0.2) is 11.5 Å². The number of methoxy groups -OCH3 is 1. The normalized spacial score (nSPS) is 12.7. The Bertz CT molecular complexity index is 1470. The molecule has 3 N–H and O–H groups in total. The van der Waals surface area contributed by atoms with Crippen molar-refractivity contribution in [3.05, 3.63) is 58.7 Å². The van der Waals surface area contributed by atoms with E-state index in [4.69, 9.17) is 21.3 Å². The summed E-state index contributed by atoms with van der Waals surface area (Å²) in [5, 5.41) is 19.6. The maximum absolute atomic E-state index is 10.5. The van der Waals surface area contributed by atoms with Gasteiger partial charge in [-0.25, -0.2) is 9.97 Å². The average molecular weight is 548 g/mol. The number of fused-ring (bicyclic) bond motifs is 3. The van der Waals surface area contributed by atoms with Gasteiger partial charge in [0.25, 0.3) is 0 Å². The lowest BCUT2D eigenvalue weighted by atomic mass is 10.1. The van der Waals surface area contributed by atoms with E-state index in [1.165, 1.54) is 12.8 Å². The molecule has 2 aromatic heterocycles. The molecule has 2 heterocycles. The summed E-state index contributed by atoms with van der Waals surface area (Å²) in [4.78, 5) is 19.9. The summed E-state index contributed by atoms with van der Waals surface area (Å²) in [6.45, 7) is 5.94. The van der Waals surface area contributed by atoms with Gasteiger partial charge in [0, 0.05) is 43.4 Å². The molecule has 1 saturated carbocycles. The van der Waals surface area contributed by atoms with Crippen LogP contribution in [0, 0.1) is 11.3 Å². The highest BCUT2D eigenvalue weighted by molar-refractivity contribution is 6.31. The maximum atomic E-state index is 10.5. The largest absolute Gasteiger partial charge is 0.382 e. The van der Waals surface area contributed by atoms with Gasteiger partial charge in [-0.15, -0.1) is 0 Å². The Morgan fingerprint density at radius 1 is 1.23 bits per heavy atom. The number of nitrogens with one attached hydrogen (secondary N) is 3. The zero-order valence-electron chi connectivity index (χ0n) is 22.5. The van der Waals surface area contributed by atoms with Crippen molar-refractivity contribution >= 4 is 40.5 Å². The first kappa shape index (κ1) is 28.3. The van der Waals surface area contributed by atoms with Crippen LogP contribution in [0.5, 0.6) is 0 Å². The third-order valence-corrected chi connectivity index (χ3v) is 6.76. The van der Waals surface area contributed by atoms with Crippen molar-refractivity contribution in [3.63, 3.8) is 0 Å². The molecule has 9 nitrogen and oxygen atoms in total. The Hall–Kier alpha value is -3.71. The van der Waals surface area contributed by atoms with Gasteiger partial charge in [-0.05, 0) is 62.9 Å². The topological polar surface area (TPSA) is 116 Å². The molecule has 5 rings (SSSR count). The number of carbonyl (C=O) groups is 1. The summed E-state index contributed by atoms with van der Waals surface area (Å²) >= 11 is 6.64. The highest BCUT2D eigenvalue weighted by Gasteiger charge is 2.21. The Morgan fingerprint density at radius 3 is 2.69 bits per heavy atom. The number of aromatic nitrogens is 3. The van der Waals surface area contributed by atoms with Crippen molar-refractivity contribution in [3.8, 4) is 17.3 Å². The smallest absolute Gasteiger partial charge is 0.207 e. The lowest BCUT2D eigenvalue weighted by Gasteiger charge is -2.12. The fourth-order valence-corrected chi connectivity index (χ4v) is 4.22. The first-order valence-corrected chi connectivity index (χ1v) is 13.5. The zero-order valence-corrected chi connectivity index (χ0v) is 23.3. The summed E-state index contributed by atoms with van der Waals surface area (Å²) in [7, 11) is 1.70. The van der Waals surface area contributed by atoms with E-state index in [1.807, 2.05) is 36.6 Å². The molecular weight excluding hydrogens is 514 g/mol. The molecule has 4 aromatic rings. The summed E-state index contributed by atoms with van der Waals surface area (Å²) in [6, 6.07) is 14.3. The lowest BCUT2D eigenvalue weighted by Crippen LogP contribution is -2.16. The van der Waals surface area contributed by atoms with Crippen LogP contribution in [0.15, 0.2) is 42.6 Å². The molecule has 2 aromatic carbocycles. The second-order valence-corrected chi connectivity index (χ2v) is 10.1. The van der Waals surface area contributed by atoms with E-state index in [9.17, 15) is 10.1 Å². The van der Waals surface area contributed by atoms with E-state index in [2.05, 4.69) is 39.1 Å². The Balaban J connectivity index is 0.000000648. The number of imidazole rings is 1. The number of rotatable bonds is 11. The molecule has 0 atom stereocenters. The van der Waals surface area contributed by atoms with E-state index in [0.717, 1.165) is 35.3 Å². The van der Waals surface area contributed by atoms with Crippen LogP contribution in [0.2, 0.25) is 5.02 Å². The molecule has 204 valence electrons. The standard InChI is InChI=1S/C25H24ClN7O.C4H10O/c26-20-11-17(3-4-18(20)13-30-19-5-6-19)23-14-31-25-24(29-9-1-8-28-15-34)32-21-10-16(12-27)2-7-22(21)33(23)25;1-4(2)5-3/h2-4,7,10-11,14-15,19,30H,1,5-6,8-9,13H2,(H,28,34)(H,29,32);4H,1-3H3. The van der Waals surface area contributed by atoms with Gasteiger partial charge in [0.05, 0.1) is 40.7 Å². The highest BCUT2D eigenvalue weighted by atomic mass is 35.5. The highest BCUT2D eigenvalue weighted by Crippen LogP contribution is 2.31. The Labute approximate surface area is 233 Å². The molecule has 1 aliphatic carbocycles. The Kier molecular flexibility index (Phi) is 9.71. The third-order valence-electron chi connectivity index (χ3n) is 6.40. The second-order valence-electron chi connectivity index (χ2n) is 9.68. The fraction of sp³-hybridized carbons (Fsp3) is 0.379. The van der Waals surface area contributed by atoms with Crippen LogP contribution in [-0.2, 0) is 16.1 Å². The average Bonchev–Trinajstić information content (AvgIpc) is 3.67. The van der Waals surface area contributed by atoms with E-state index in [-0.39, 0.29) is 0 Å². The van der Waals surface area contributed by atoms with Gasteiger partial charge < -0.3 is 20.7 Å². The van der Waals surface area contributed by atoms with Crippen LogP contribution in [0.25, 0.3) is 27.9 Å². The molecule has 0 radical (unpaired) electrons. The van der Waals surface area contributed by atoms with Crippen molar-refractivity contribution < 1.29 is 9.53 Å². The first-order chi connectivity index (χ1) is 18.9. The predicted molar refractivity (Wildman–Crippen MR) is 155 cm³/mol. The number of hydrogen-bond acceptors (Lipinski definition) is 7. The van der Waals surface area contributed by atoms with Gasteiger partial charge in [-0.1, -0.05) is 23.7 Å². The lowest BCUT2D eigenvalue weighted by molar-refractivity contribution is -0.109. The van der Waals surface area contributed by atoms with Gasteiger partial charge in [0.1, 0.15) is 0 Å². The van der Waals surface area contributed by atoms with Crippen LogP contribution >= 0.6 is 11.6 Å². The van der Waals surface area contributed by atoms with Crippen LogP contribution in [0.1, 0.15) is 44.2 Å².